The lowest BCUT2D eigenvalue weighted by Crippen LogP contribution is -2.41. The summed E-state index contributed by atoms with van der Waals surface area (Å²) in [6.07, 6.45) is 2.24. The Morgan fingerprint density at radius 1 is 1.39 bits per heavy atom. The number of anilines is 1. The highest BCUT2D eigenvalue weighted by Gasteiger charge is 2.25. The molecule has 0 saturated carbocycles. The van der Waals surface area contributed by atoms with E-state index in [-0.39, 0.29) is 11.6 Å². The van der Waals surface area contributed by atoms with Crippen LogP contribution in [0.1, 0.15) is 44.0 Å². The number of benzene rings is 1. The Labute approximate surface area is 108 Å². The monoisotopic (exact) mass is 249 g/mol. The van der Waals surface area contributed by atoms with Gasteiger partial charge in [0.25, 0.3) is 0 Å². The van der Waals surface area contributed by atoms with Crippen molar-refractivity contribution in [3.05, 3.63) is 29.6 Å². The highest BCUT2D eigenvalue weighted by molar-refractivity contribution is 5.99. The van der Waals surface area contributed by atoms with E-state index in [2.05, 4.69) is 18.7 Å². The number of hydrogen-bond donors (Lipinski definition) is 0. The highest BCUT2D eigenvalue weighted by atomic mass is 19.1. The van der Waals surface area contributed by atoms with Gasteiger partial charge in [-0.1, -0.05) is 6.92 Å². The van der Waals surface area contributed by atoms with Crippen LogP contribution in [0.5, 0.6) is 0 Å². The van der Waals surface area contributed by atoms with Gasteiger partial charge in [0.1, 0.15) is 5.82 Å². The number of carbonyl (C=O) groups excluding carboxylic acids is 1. The molecule has 3 heteroatoms. The van der Waals surface area contributed by atoms with E-state index in [1.54, 1.807) is 6.07 Å². The van der Waals surface area contributed by atoms with Crippen LogP contribution in [0, 0.1) is 11.7 Å². The van der Waals surface area contributed by atoms with Gasteiger partial charge < -0.3 is 4.90 Å². The van der Waals surface area contributed by atoms with Gasteiger partial charge in [-0.05, 0) is 50.8 Å². The highest BCUT2D eigenvalue weighted by Crippen LogP contribution is 2.30. The number of carbonyl (C=O) groups is 1. The third-order valence-corrected chi connectivity index (χ3v) is 3.79. The number of rotatable bonds is 2. The van der Waals surface area contributed by atoms with E-state index in [1.807, 2.05) is 0 Å². The third kappa shape index (κ3) is 2.55. The van der Waals surface area contributed by atoms with Crippen molar-refractivity contribution in [2.24, 2.45) is 5.92 Å². The van der Waals surface area contributed by atoms with E-state index in [1.165, 1.54) is 19.1 Å². The van der Waals surface area contributed by atoms with Crippen LogP contribution >= 0.6 is 0 Å². The first-order chi connectivity index (χ1) is 8.49. The fourth-order valence-corrected chi connectivity index (χ4v) is 2.81. The summed E-state index contributed by atoms with van der Waals surface area (Å²) in [7, 11) is 0. The summed E-state index contributed by atoms with van der Waals surface area (Å²) in [6, 6.07) is 4.92. The van der Waals surface area contributed by atoms with E-state index < -0.39 is 0 Å². The Morgan fingerprint density at radius 3 is 2.72 bits per heavy atom. The maximum atomic E-state index is 13.3. The Hall–Kier alpha value is -1.38. The van der Waals surface area contributed by atoms with Gasteiger partial charge in [0, 0.05) is 23.8 Å². The normalized spacial score (nSPS) is 24.1. The topological polar surface area (TPSA) is 20.3 Å². The molecule has 0 N–H and O–H groups in total. The average molecular weight is 249 g/mol. The minimum absolute atomic E-state index is 0.0738. The fraction of sp³-hybridized carbons (Fsp3) is 0.533. The first kappa shape index (κ1) is 13.1. The van der Waals surface area contributed by atoms with Gasteiger partial charge in [-0.3, -0.25) is 4.79 Å². The van der Waals surface area contributed by atoms with Crippen molar-refractivity contribution in [2.45, 2.75) is 39.7 Å². The molecule has 0 aliphatic carbocycles. The van der Waals surface area contributed by atoms with Crippen LogP contribution in [0.15, 0.2) is 18.2 Å². The van der Waals surface area contributed by atoms with Crippen molar-refractivity contribution in [3.63, 3.8) is 0 Å². The zero-order valence-electron chi connectivity index (χ0n) is 11.2. The van der Waals surface area contributed by atoms with Crippen LogP contribution in [0.2, 0.25) is 0 Å². The molecular weight excluding hydrogens is 229 g/mol. The van der Waals surface area contributed by atoms with E-state index in [0.29, 0.717) is 11.6 Å². The maximum absolute atomic E-state index is 13.3. The van der Waals surface area contributed by atoms with E-state index in [4.69, 9.17) is 0 Å². The van der Waals surface area contributed by atoms with Crippen LogP contribution in [-0.4, -0.2) is 18.4 Å². The molecule has 0 radical (unpaired) electrons. The smallest absolute Gasteiger partial charge is 0.161 e. The molecule has 2 nitrogen and oxygen atoms in total. The van der Waals surface area contributed by atoms with Crippen LogP contribution in [-0.2, 0) is 0 Å². The van der Waals surface area contributed by atoms with Crippen molar-refractivity contribution in [1.29, 1.82) is 0 Å². The number of ketones is 1. The van der Waals surface area contributed by atoms with Gasteiger partial charge in [0.15, 0.2) is 5.78 Å². The summed E-state index contributed by atoms with van der Waals surface area (Å²) in [5.41, 5.74) is 1.37. The molecule has 0 amide bonds. The summed E-state index contributed by atoms with van der Waals surface area (Å²) in [4.78, 5) is 13.9. The molecule has 1 heterocycles. The molecule has 0 bridgehead atoms. The minimum Gasteiger partial charge on any atom is -0.368 e. The predicted molar refractivity (Wildman–Crippen MR) is 71.6 cm³/mol. The molecule has 2 rings (SSSR count). The molecule has 1 aromatic rings. The number of piperidine rings is 1. The van der Waals surface area contributed by atoms with Crippen LogP contribution in [0.4, 0.5) is 10.1 Å². The van der Waals surface area contributed by atoms with Crippen LogP contribution in [0.3, 0.4) is 0 Å². The second kappa shape index (κ2) is 5.09. The van der Waals surface area contributed by atoms with Gasteiger partial charge in [0.2, 0.25) is 0 Å². The zero-order valence-corrected chi connectivity index (χ0v) is 11.2. The van der Waals surface area contributed by atoms with Crippen LogP contribution in [0.25, 0.3) is 0 Å². The first-order valence-electron chi connectivity index (χ1n) is 6.56. The quantitative estimate of drug-likeness (QED) is 0.746. The first-order valence-corrected chi connectivity index (χ1v) is 6.56. The maximum Gasteiger partial charge on any atom is 0.161 e. The fourth-order valence-electron chi connectivity index (χ4n) is 2.81. The summed E-state index contributed by atoms with van der Waals surface area (Å²) in [5.74, 6) is 0.301. The molecule has 1 aliphatic heterocycles. The van der Waals surface area contributed by atoms with Gasteiger partial charge in [-0.15, -0.1) is 0 Å². The lowest BCUT2D eigenvalue weighted by molar-refractivity contribution is 0.101. The standard InChI is InChI=1S/C15H20FNO/c1-10-6-7-17(11(2)8-10)15-5-4-13(16)9-14(15)12(3)18/h4-5,9-11H,6-8H2,1-3H3. The van der Waals surface area contributed by atoms with Crippen molar-refractivity contribution in [2.75, 3.05) is 11.4 Å². The van der Waals surface area contributed by atoms with Gasteiger partial charge >= 0.3 is 0 Å². The van der Waals surface area contributed by atoms with Gasteiger partial charge in [-0.25, -0.2) is 4.39 Å². The molecule has 2 unspecified atom stereocenters. The average Bonchev–Trinajstić information content (AvgIpc) is 2.29. The molecule has 1 fully saturated rings. The number of Topliss-reactive ketones (excluding diaryl/α,β-unsaturated/α-hetero) is 1. The molecule has 0 spiro atoms. The second-order valence-electron chi connectivity index (χ2n) is 5.39. The summed E-state index contributed by atoms with van der Waals surface area (Å²) < 4.78 is 13.3. The number of nitrogens with zero attached hydrogens (tertiary/aromatic N) is 1. The lowest BCUT2D eigenvalue weighted by Gasteiger charge is -2.39. The second-order valence-corrected chi connectivity index (χ2v) is 5.39. The van der Waals surface area contributed by atoms with E-state index in [9.17, 15) is 9.18 Å². The van der Waals surface area contributed by atoms with Crippen molar-refractivity contribution in [1.82, 2.24) is 0 Å². The molecule has 1 saturated heterocycles. The summed E-state index contributed by atoms with van der Waals surface area (Å²) >= 11 is 0. The van der Waals surface area contributed by atoms with E-state index in [0.717, 1.165) is 31.0 Å². The Bertz CT molecular complexity index is 458. The largest absolute Gasteiger partial charge is 0.368 e. The van der Waals surface area contributed by atoms with Crippen molar-refractivity contribution < 1.29 is 9.18 Å². The summed E-state index contributed by atoms with van der Waals surface area (Å²) in [5, 5.41) is 0. The minimum atomic E-state index is -0.345. The van der Waals surface area contributed by atoms with Crippen molar-refractivity contribution >= 4 is 11.5 Å². The van der Waals surface area contributed by atoms with Gasteiger partial charge in [0.05, 0.1) is 0 Å². The third-order valence-electron chi connectivity index (χ3n) is 3.79. The lowest BCUT2D eigenvalue weighted by atomic mass is 9.92. The Morgan fingerprint density at radius 2 is 2.11 bits per heavy atom. The molecule has 18 heavy (non-hydrogen) atoms. The SMILES string of the molecule is CC(=O)c1cc(F)ccc1N1CCC(C)CC1C. The van der Waals surface area contributed by atoms with Gasteiger partial charge in [-0.2, -0.15) is 0 Å². The molecular formula is C15H20FNO. The van der Waals surface area contributed by atoms with Crippen LogP contribution < -0.4 is 4.90 Å². The number of hydrogen-bond acceptors (Lipinski definition) is 2. The molecule has 0 aromatic heterocycles. The Balaban J connectivity index is 2.35. The van der Waals surface area contributed by atoms with E-state index >= 15 is 0 Å². The van der Waals surface area contributed by atoms with Crippen molar-refractivity contribution in [3.8, 4) is 0 Å². The molecule has 1 aliphatic rings. The predicted octanol–water partition coefficient (Wildman–Crippen LogP) is 3.65. The molecule has 98 valence electrons. The molecule has 1 aromatic carbocycles. The number of halogens is 1. The molecule has 2 atom stereocenters. The zero-order chi connectivity index (χ0) is 13.3. The Kier molecular flexibility index (Phi) is 3.69. The summed E-state index contributed by atoms with van der Waals surface area (Å²) in [6.45, 7) is 6.86.